The third kappa shape index (κ3) is 5.38. The molecule has 1 atom stereocenters. The fraction of sp³-hybridized carbons (Fsp3) is 0.588. The second-order valence-electron chi connectivity index (χ2n) is 5.42. The fourth-order valence-corrected chi connectivity index (χ4v) is 2.20. The molecule has 0 aliphatic carbocycles. The van der Waals surface area contributed by atoms with E-state index in [1.165, 1.54) is 5.56 Å². The van der Waals surface area contributed by atoms with Crippen LogP contribution in [0.25, 0.3) is 0 Å². The van der Waals surface area contributed by atoms with Gasteiger partial charge < -0.3 is 15.4 Å². The summed E-state index contributed by atoms with van der Waals surface area (Å²) < 4.78 is 5.71. The summed E-state index contributed by atoms with van der Waals surface area (Å²) in [5.41, 5.74) is 2.26. The quantitative estimate of drug-likeness (QED) is 0.774. The molecule has 0 saturated carbocycles. The van der Waals surface area contributed by atoms with E-state index < -0.39 is 0 Å². The lowest BCUT2D eigenvalue weighted by atomic mass is 10.0. The largest absolute Gasteiger partial charge is 0.483 e. The predicted molar refractivity (Wildman–Crippen MR) is 86.7 cm³/mol. The minimum absolute atomic E-state index is 0.0585. The zero-order valence-electron chi connectivity index (χ0n) is 13.8. The molecule has 1 unspecified atom stereocenters. The molecule has 4 heteroatoms. The number of hydrogen-bond donors (Lipinski definition) is 2. The lowest BCUT2D eigenvalue weighted by molar-refractivity contribution is -0.123. The monoisotopic (exact) mass is 292 g/mol. The van der Waals surface area contributed by atoms with Crippen molar-refractivity contribution in [3.8, 4) is 5.75 Å². The molecule has 118 valence electrons. The van der Waals surface area contributed by atoms with Gasteiger partial charge in [0.05, 0.1) is 0 Å². The Kier molecular flexibility index (Phi) is 7.23. The summed E-state index contributed by atoms with van der Waals surface area (Å²) in [6.07, 6.45) is 1.88. The van der Waals surface area contributed by atoms with Gasteiger partial charge in [0.15, 0.2) is 6.61 Å². The minimum atomic E-state index is -0.0627. The van der Waals surface area contributed by atoms with Gasteiger partial charge in [0.2, 0.25) is 0 Å². The van der Waals surface area contributed by atoms with Crippen LogP contribution in [-0.4, -0.2) is 25.6 Å². The summed E-state index contributed by atoms with van der Waals surface area (Å²) in [5, 5.41) is 6.19. The molecule has 0 saturated heterocycles. The average Bonchev–Trinajstić information content (AvgIpc) is 2.50. The standard InChI is InChI=1S/C17H28N2O2/c1-6-14(7-2)19-17(20)11-21-16-9-8-12(3)10-15(16)13(4)18-5/h8-10,13-14,18H,6-7,11H2,1-5H3,(H,19,20). The third-order valence-electron chi connectivity index (χ3n) is 3.77. The first-order valence-electron chi connectivity index (χ1n) is 7.71. The van der Waals surface area contributed by atoms with Crippen LogP contribution in [0.5, 0.6) is 5.75 Å². The highest BCUT2D eigenvalue weighted by Crippen LogP contribution is 2.26. The van der Waals surface area contributed by atoms with Gasteiger partial charge in [-0.1, -0.05) is 31.5 Å². The van der Waals surface area contributed by atoms with Crippen molar-refractivity contribution in [2.75, 3.05) is 13.7 Å². The topological polar surface area (TPSA) is 50.4 Å². The lowest BCUT2D eigenvalue weighted by Crippen LogP contribution is -2.37. The maximum absolute atomic E-state index is 11.9. The molecule has 0 aliphatic rings. The molecule has 4 nitrogen and oxygen atoms in total. The van der Waals surface area contributed by atoms with E-state index in [4.69, 9.17) is 4.74 Å². The molecule has 0 heterocycles. The second-order valence-corrected chi connectivity index (χ2v) is 5.42. The van der Waals surface area contributed by atoms with E-state index in [2.05, 4.69) is 44.4 Å². The van der Waals surface area contributed by atoms with Crippen LogP contribution in [0.1, 0.15) is 50.8 Å². The van der Waals surface area contributed by atoms with Gasteiger partial charge in [0, 0.05) is 17.6 Å². The molecular formula is C17H28N2O2. The molecule has 0 aliphatic heterocycles. The summed E-state index contributed by atoms with van der Waals surface area (Å²) in [6, 6.07) is 6.44. The molecule has 21 heavy (non-hydrogen) atoms. The first-order chi connectivity index (χ1) is 10.0. The van der Waals surface area contributed by atoms with Gasteiger partial charge in [-0.2, -0.15) is 0 Å². The van der Waals surface area contributed by atoms with E-state index in [0.29, 0.717) is 0 Å². The van der Waals surface area contributed by atoms with Crippen LogP contribution in [0.4, 0.5) is 0 Å². The number of amides is 1. The third-order valence-corrected chi connectivity index (χ3v) is 3.77. The molecule has 0 spiro atoms. The van der Waals surface area contributed by atoms with Gasteiger partial charge in [0.1, 0.15) is 5.75 Å². The zero-order valence-corrected chi connectivity index (χ0v) is 13.8. The van der Waals surface area contributed by atoms with Crippen molar-refractivity contribution in [1.82, 2.24) is 10.6 Å². The highest BCUT2D eigenvalue weighted by molar-refractivity contribution is 5.77. The van der Waals surface area contributed by atoms with E-state index >= 15 is 0 Å². The summed E-state index contributed by atoms with van der Waals surface area (Å²) >= 11 is 0. The molecule has 0 bridgehead atoms. The van der Waals surface area contributed by atoms with Gasteiger partial charge in [-0.05, 0) is 39.8 Å². The van der Waals surface area contributed by atoms with E-state index in [1.54, 1.807) is 0 Å². The van der Waals surface area contributed by atoms with E-state index in [0.717, 1.165) is 24.2 Å². The number of hydrogen-bond acceptors (Lipinski definition) is 3. The number of rotatable bonds is 8. The molecule has 2 N–H and O–H groups in total. The Morgan fingerprint density at radius 1 is 1.29 bits per heavy atom. The Balaban J connectivity index is 2.68. The Morgan fingerprint density at radius 2 is 1.95 bits per heavy atom. The van der Waals surface area contributed by atoms with Crippen molar-refractivity contribution < 1.29 is 9.53 Å². The van der Waals surface area contributed by atoms with Crippen molar-refractivity contribution in [3.63, 3.8) is 0 Å². The van der Waals surface area contributed by atoms with Crippen molar-refractivity contribution >= 4 is 5.91 Å². The molecule has 0 fully saturated rings. The summed E-state index contributed by atoms with van der Waals surface area (Å²) in [6.45, 7) is 8.33. The molecular weight excluding hydrogens is 264 g/mol. The Bertz CT molecular complexity index is 456. The van der Waals surface area contributed by atoms with Gasteiger partial charge in [-0.25, -0.2) is 0 Å². The molecule has 1 aromatic rings. The average molecular weight is 292 g/mol. The maximum atomic E-state index is 11.9. The van der Waals surface area contributed by atoms with E-state index in [1.807, 2.05) is 19.2 Å². The molecule has 0 radical (unpaired) electrons. The summed E-state index contributed by atoms with van der Waals surface area (Å²) in [5.74, 6) is 0.703. The number of benzene rings is 1. The van der Waals surface area contributed by atoms with Crippen LogP contribution in [0.3, 0.4) is 0 Å². The van der Waals surface area contributed by atoms with Gasteiger partial charge in [-0.15, -0.1) is 0 Å². The number of carbonyl (C=O) groups is 1. The van der Waals surface area contributed by atoms with Crippen LogP contribution in [0.15, 0.2) is 18.2 Å². The van der Waals surface area contributed by atoms with Crippen molar-refractivity contribution in [2.45, 2.75) is 52.6 Å². The lowest BCUT2D eigenvalue weighted by Gasteiger charge is -2.18. The highest BCUT2D eigenvalue weighted by atomic mass is 16.5. The van der Waals surface area contributed by atoms with Crippen molar-refractivity contribution in [2.24, 2.45) is 0 Å². The molecule has 0 aromatic heterocycles. The van der Waals surface area contributed by atoms with Crippen LogP contribution >= 0.6 is 0 Å². The van der Waals surface area contributed by atoms with Crippen molar-refractivity contribution in [3.05, 3.63) is 29.3 Å². The predicted octanol–water partition coefficient (Wildman–Crippen LogP) is 2.96. The van der Waals surface area contributed by atoms with Crippen LogP contribution in [0.2, 0.25) is 0 Å². The van der Waals surface area contributed by atoms with Crippen LogP contribution < -0.4 is 15.4 Å². The Hall–Kier alpha value is -1.55. The molecule has 1 rings (SSSR count). The maximum Gasteiger partial charge on any atom is 0.258 e. The van der Waals surface area contributed by atoms with Gasteiger partial charge >= 0.3 is 0 Å². The normalized spacial score (nSPS) is 12.3. The van der Waals surface area contributed by atoms with Crippen LogP contribution in [-0.2, 0) is 4.79 Å². The van der Waals surface area contributed by atoms with Crippen LogP contribution in [0, 0.1) is 6.92 Å². The van der Waals surface area contributed by atoms with E-state index in [9.17, 15) is 4.79 Å². The van der Waals surface area contributed by atoms with Crippen molar-refractivity contribution in [1.29, 1.82) is 0 Å². The minimum Gasteiger partial charge on any atom is -0.483 e. The van der Waals surface area contributed by atoms with E-state index in [-0.39, 0.29) is 24.6 Å². The fourth-order valence-electron chi connectivity index (χ4n) is 2.20. The number of nitrogens with one attached hydrogen (secondary N) is 2. The number of carbonyl (C=O) groups excluding carboxylic acids is 1. The SMILES string of the molecule is CCC(CC)NC(=O)COc1ccc(C)cc1C(C)NC. The second kappa shape index (κ2) is 8.67. The highest BCUT2D eigenvalue weighted by Gasteiger charge is 2.13. The Labute approximate surface area is 128 Å². The molecule has 1 aromatic carbocycles. The summed E-state index contributed by atoms with van der Waals surface area (Å²) in [4.78, 5) is 11.9. The smallest absolute Gasteiger partial charge is 0.258 e. The first kappa shape index (κ1) is 17.5. The number of aryl methyl sites for hydroxylation is 1. The Morgan fingerprint density at radius 3 is 2.52 bits per heavy atom. The zero-order chi connectivity index (χ0) is 15.8. The molecule has 1 amide bonds. The number of ether oxygens (including phenoxy) is 1. The first-order valence-corrected chi connectivity index (χ1v) is 7.71. The summed E-state index contributed by atoms with van der Waals surface area (Å²) in [7, 11) is 1.91. The van der Waals surface area contributed by atoms with Gasteiger partial charge in [-0.3, -0.25) is 4.79 Å². The van der Waals surface area contributed by atoms with Gasteiger partial charge in [0.25, 0.3) is 5.91 Å².